The zero-order valence-electron chi connectivity index (χ0n) is 16.1. The van der Waals surface area contributed by atoms with Gasteiger partial charge in [-0.25, -0.2) is 0 Å². The van der Waals surface area contributed by atoms with E-state index in [4.69, 9.17) is 9.47 Å². The van der Waals surface area contributed by atoms with Gasteiger partial charge in [0.2, 0.25) is 0 Å². The molecule has 0 saturated heterocycles. The van der Waals surface area contributed by atoms with Crippen molar-refractivity contribution in [3.63, 3.8) is 0 Å². The molecular weight excluding hydrogens is 326 g/mol. The van der Waals surface area contributed by atoms with Crippen LogP contribution in [0.3, 0.4) is 0 Å². The number of hydrogen-bond donors (Lipinski definition) is 1. The standard InChI is InChI=1S/C22H33NO3/c1-17(26-21-13-12-18-8-5-6-9-19(18)16-21)22(24)23-14-7-15-25-20-10-3-2-4-11-20/h12-13,16-17,20H,2-11,14-15H2,1H3,(H,23,24)/t17-/m1/s1. The highest BCUT2D eigenvalue weighted by atomic mass is 16.5. The van der Waals surface area contributed by atoms with E-state index in [-0.39, 0.29) is 5.91 Å². The average molecular weight is 360 g/mol. The second-order valence-electron chi connectivity index (χ2n) is 7.67. The first-order chi connectivity index (χ1) is 12.7. The Morgan fingerprint density at radius 3 is 2.69 bits per heavy atom. The van der Waals surface area contributed by atoms with Crippen molar-refractivity contribution in [1.29, 1.82) is 0 Å². The van der Waals surface area contributed by atoms with Gasteiger partial charge in [0, 0.05) is 13.2 Å². The van der Waals surface area contributed by atoms with Crippen LogP contribution in [0, 0.1) is 0 Å². The van der Waals surface area contributed by atoms with Crippen LogP contribution in [0.4, 0.5) is 0 Å². The Bertz CT molecular complexity index is 581. The van der Waals surface area contributed by atoms with Crippen molar-refractivity contribution in [2.75, 3.05) is 13.2 Å². The maximum atomic E-state index is 12.2. The zero-order chi connectivity index (χ0) is 18.2. The van der Waals surface area contributed by atoms with E-state index in [2.05, 4.69) is 17.4 Å². The summed E-state index contributed by atoms with van der Waals surface area (Å²) < 4.78 is 11.7. The average Bonchev–Trinajstić information content (AvgIpc) is 2.68. The molecule has 1 fully saturated rings. The topological polar surface area (TPSA) is 47.6 Å². The van der Waals surface area contributed by atoms with Gasteiger partial charge in [-0.2, -0.15) is 0 Å². The molecule has 2 aliphatic carbocycles. The van der Waals surface area contributed by atoms with E-state index in [1.54, 1.807) is 0 Å². The van der Waals surface area contributed by atoms with Crippen molar-refractivity contribution in [2.45, 2.75) is 83.3 Å². The van der Waals surface area contributed by atoms with Gasteiger partial charge >= 0.3 is 0 Å². The summed E-state index contributed by atoms with van der Waals surface area (Å²) in [5.74, 6) is 0.745. The summed E-state index contributed by atoms with van der Waals surface area (Å²) in [5, 5.41) is 2.96. The summed E-state index contributed by atoms with van der Waals surface area (Å²) in [6.45, 7) is 3.18. The molecule has 1 saturated carbocycles. The van der Waals surface area contributed by atoms with E-state index >= 15 is 0 Å². The van der Waals surface area contributed by atoms with Gasteiger partial charge in [-0.3, -0.25) is 4.79 Å². The van der Waals surface area contributed by atoms with Crippen molar-refractivity contribution in [1.82, 2.24) is 5.32 Å². The molecule has 1 aromatic rings. The van der Waals surface area contributed by atoms with Crippen LogP contribution in [0.5, 0.6) is 5.75 Å². The van der Waals surface area contributed by atoms with Crippen molar-refractivity contribution in [3.8, 4) is 5.75 Å². The second kappa shape index (κ2) is 9.96. The van der Waals surface area contributed by atoms with Gasteiger partial charge in [-0.15, -0.1) is 0 Å². The first-order valence-electron chi connectivity index (χ1n) is 10.4. The van der Waals surface area contributed by atoms with Gasteiger partial charge in [0.1, 0.15) is 5.75 Å². The number of nitrogens with one attached hydrogen (secondary N) is 1. The maximum absolute atomic E-state index is 12.2. The summed E-state index contributed by atoms with van der Waals surface area (Å²) in [4.78, 5) is 12.2. The summed E-state index contributed by atoms with van der Waals surface area (Å²) in [6, 6.07) is 6.25. The molecule has 2 aliphatic rings. The Labute approximate surface area is 157 Å². The Morgan fingerprint density at radius 2 is 1.88 bits per heavy atom. The van der Waals surface area contributed by atoms with Crippen LogP contribution < -0.4 is 10.1 Å². The van der Waals surface area contributed by atoms with Crippen LogP contribution in [0.1, 0.15) is 69.4 Å². The number of benzene rings is 1. The lowest BCUT2D eigenvalue weighted by Crippen LogP contribution is -2.37. The van der Waals surface area contributed by atoms with Crippen LogP contribution in [0.15, 0.2) is 18.2 Å². The molecule has 4 nitrogen and oxygen atoms in total. The van der Waals surface area contributed by atoms with E-state index < -0.39 is 6.10 Å². The van der Waals surface area contributed by atoms with E-state index in [1.165, 1.54) is 56.1 Å². The first kappa shape index (κ1) is 19.2. The largest absolute Gasteiger partial charge is 0.481 e. The fourth-order valence-electron chi connectivity index (χ4n) is 3.95. The molecule has 1 amide bonds. The molecule has 1 aromatic carbocycles. The van der Waals surface area contributed by atoms with Crippen molar-refractivity contribution in [3.05, 3.63) is 29.3 Å². The summed E-state index contributed by atoms with van der Waals surface area (Å²) in [6.07, 6.45) is 11.9. The van der Waals surface area contributed by atoms with Gasteiger partial charge in [0.05, 0.1) is 6.10 Å². The molecule has 1 atom stereocenters. The quantitative estimate of drug-likeness (QED) is 0.708. The van der Waals surface area contributed by atoms with Crippen molar-refractivity contribution >= 4 is 5.91 Å². The molecule has 1 N–H and O–H groups in total. The van der Waals surface area contributed by atoms with Crippen LogP contribution in [-0.2, 0) is 22.4 Å². The van der Waals surface area contributed by atoms with Crippen molar-refractivity contribution in [2.24, 2.45) is 0 Å². The Hall–Kier alpha value is -1.55. The Morgan fingerprint density at radius 1 is 1.12 bits per heavy atom. The number of aryl methyl sites for hydroxylation is 2. The van der Waals surface area contributed by atoms with E-state index in [0.717, 1.165) is 31.6 Å². The molecule has 3 rings (SSSR count). The number of amides is 1. The first-order valence-corrected chi connectivity index (χ1v) is 10.4. The highest BCUT2D eigenvalue weighted by molar-refractivity contribution is 5.80. The predicted molar refractivity (Wildman–Crippen MR) is 104 cm³/mol. The van der Waals surface area contributed by atoms with Crippen LogP contribution >= 0.6 is 0 Å². The van der Waals surface area contributed by atoms with Crippen LogP contribution in [0.25, 0.3) is 0 Å². The predicted octanol–water partition coefficient (Wildman–Crippen LogP) is 4.19. The molecule has 0 heterocycles. The number of ether oxygens (including phenoxy) is 2. The fourth-order valence-corrected chi connectivity index (χ4v) is 3.95. The molecule has 0 radical (unpaired) electrons. The maximum Gasteiger partial charge on any atom is 0.260 e. The molecule has 4 heteroatoms. The lowest BCUT2D eigenvalue weighted by Gasteiger charge is -2.22. The molecule has 0 bridgehead atoms. The highest BCUT2D eigenvalue weighted by Crippen LogP contribution is 2.26. The second-order valence-corrected chi connectivity index (χ2v) is 7.67. The van der Waals surface area contributed by atoms with E-state index in [0.29, 0.717) is 12.6 Å². The number of carbonyl (C=O) groups excluding carboxylic acids is 1. The van der Waals surface area contributed by atoms with Gasteiger partial charge in [-0.1, -0.05) is 25.3 Å². The number of fused-ring (bicyclic) bond motifs is 1. The molecular formula is C22H33NO3. The number of carbonyl (C=O) groups is 1. The summed E-state index contributed by atoms with van der Waals surface area (Å²) in [5.41, 5.74) is 2.81. The molecule has 0 aromatic heterocycles. The third kappa shape index (κ3) is 5.73. The van der Waals surface area contributed by atoms with Gasteiger partial charge < -0.3 is 14.8 Å². The Balaban J connectivity index is 1.34. The lowest BCUT2D eigenvalue weighted by atomic mass is 9.92. The van der Waals surface area contributed by atoms with Gasteiger partial charge in [0.25, 0.3) is 5.91 Å². The highest BCUT2D eigenvalue weighted by Gasteiger charge is 2.16. The fraction of sp³-hybridized carbons (Fsp3) is 0.682. The van der Waals surface area contributed by atoms with E-state index in [9.17, 15) is 4.79 Å². The molecule has 0 spiro atoms. The minimum Gasteiger partial charge on any atom is -0.481 e. The zero-order valence-corrected chi connectivity index (χ0v) is 16.1. The minimum absolute atomic E-state index is 0.0552. The van der Waals surface area contributed by atoms with E-state index in [1.807, 2.05) is 13.0 Å². The molecule has 144 valence electrons. The third-order valence-electron chi connectivity index (χ3n) is 5.53. The minimum atomic E-state index is -0.476. The van der Waals surface area contributed by atoms with Crippen LogP contribution in [0.2, 0.25) is 0 Å². The summed E-state index contributed by atoms with van der Waals surface area (Å²) >= 11 is 0. The molecule has 0 aliphatic heterocycles. The number of rotatable bonds is 8. The van der Waals surface area contributed by atoms with Gasteiger partial charge in [0.15, 0.2) is 6.10 Å². The third-order valence-corrected chi connectivity index (χ3v) is 5.53. The molecule has 26 heavy (non-hydrogen) atoms. The van der Waals surface area contributed by atoms with Crippen LogP contribution in [-0.4, -0.2) is 31.3 Å². The molecule has 0 unspecified atom stereocenters. The summed E-state index contributed by atoms with van der Waals surface area (Å²) in [7, 11) is 0. The SMILES string of the molecule is C[C@@H](Oc1ccc2c(c1)CCCC2)C(=O)NCCCOC1CCCCC1. The monoisotopic (exact) mass is 359 g/mol. The normalized spacial score (nSPS) is 18.8. The Kier molecular flexibility index (Phi) is 7.36. The van der Waals surface area contributed by atoms with Gasteiger partial charge in [-0.05, 0) is 75.1 Å². The smallest absolute Gasteiger partial charge is 0.260 e. The number of hydrogen-bond acceptors (Lipinski definition) is 3. The van der Waals surface area contributed by atoms with Crippen molar-refractivity contribution < 1.29 is 14.3 Å². The lowest BCUT2D eigenvalue weighted by molar-refractivity contribution is -0.127.